The SMILES string of the molecule is CCOC(=O)c1cn2cc(-c3cccc(F)c3)nc2n1C. The van der Waals surface area contributed by atoms with Crippen LogP contribution < -0.4 is 0 Å². The van der Waals surface area contributed by atoms with Gasteiger partial charge in [-0.05, 0) is 19.1 Å². The molecule has 0 aliphatic carbocycles. The zero-order chi connectivity index (χ0) is 15.0. The third-order valence-electron chi connectivity index (χ3n) is 3.24. The maximum absolute atomic E-state index is 13.3. The molecule has 6 heteroatoms. The number of aromatic nitrogens is 3. The molecule has 21 heavy (non-hydrogen) atoms. The van der Waals surface area contributed by atoms with E-state index in [1.807, 2.05) is 0 Å². The molecule has 0 amide bonds. The number of rotatable bonds is 3. The van der Waals surface area contributed by atoms with E-state index in [0.29, 0.717) is 29.3 Å². The van der Waals surface area contributed by atoms with E-state index in [4.69, 9.17) is 4.74 Å². The molecule has 1 aromatic carbocycles. The van der Waals surface area contributed by atoms with Crippen LogP contribution in [0.5, 0.6) is 0 Å². The van der Waals surface area contributed by atoms with Crippen LogP contribution >= 0.6 is 0 Å². The van der Waals surface area contributed by atoms with Crippen molar-refractivity contribution in [3.8, 4) is 11.3 Å². The van der Waals surface area contributed by atoms with Gasteiger partial charge in [-0.25, -0.2) is 14.2 Å². The van der Waals surface area contributed by atoms with Crippen LogP contribution in [0.1, 0.15) is 17.4 Å². The first kappa shape index (κ1) is 13.4. The highest BCUT2D eigenvalue weighted by Crippen LogP contribution is 2.21. The monoisotopic (exact) mass is 287 g/mol. The summed E-state index contributed by atoms with van der Waals surface area (Å²) >= 11 is 0. The van der Waals surface area contributed by atoms with Gasteiger partial charge in [0, 0.05) is 25.0 Å². The van der Waals surface area contributed by atoms with E-state index in [0.717, 1.165) is 0 Å². The minimum atomic E-state index is -0.391. The number of ether oxygens (including phenoxy) is 1. The summed E-state index contributed by atoms with van der Waals surface area (Å²) in [6.45, 7) is 2.08. The van der Waals surface area contributed by atoms with Crippen LogP contribution in [0.4, 0.5) is 4.39 Å². The molecule has 0 aliphatic rings. The predicted molar refractivity (Wildman–Crippen MR) is 75.5 cm³/mol. The Kier molecular flexibility index (Phi) is 3.21. The zero-order valence-electron chi connectivity index (χ0n) is 11.7. The standard InChI is InChI=1S/C15H14FN3O2/c1-3-21-14(20)13-9-19-8-12(17-15(19)18(13)2)10-5-4-6-11(16)7-10/h4-9H,3H2,1-2H3. The molecular weight excluding hydrogens is 273 g/mol. The predicted octanol–water partition coefficient (Wildman–Crippen LogP) is 2.66. The maximum Gasteiger partial charge on any atom is 0.356 e. The lowest BCUT2D eigenvalue weighted by Crippen LogP contribution is -2.09. The van der Waals surface area contributed by atoms with Crippen molar-refractivity contribution < 1.29 is 13.9 Å². The van der Waals surface area contributed by atoms with Crippen molar-refractivity contribution in [1.29, 1.82) is 0 Å². The Morgan fingerprint density at radius 3 is 2.86 bits per heavy atom. The Balaban J connectivity index is 2.05. The van der Waals surface area contributed by atoms with Gasteiger partial charge in [0.2, 0.25) is 5.78 Å². The summed E-state index contributed by atoms with van der Waals surface area (Å²) in [6, 6.07) is 6.24. The molecule has 0 atom stereocenters. The molecule has 0 unspecified atom stereocenters. The van der Waals surface area contributed by atoms with Gasteiger partial charge in [0.25, 0.3) is 0 Å². The summed E-state index contributed by atoms with van der Waals surface area (Å²) in [7, 11) is 1.74. The molecule has 0 saturated heterocycles. The molecular formula is C15H14FN3O2. The number of carbonyl (C=O) groups excluding carboxylic acids is 1. The fourth-order valence-electron chi connectivity index (χ4n) is 2.23. The lowest BCUT2D eigenvalue weighted by atomic mass is 10.2. The van der Waals surface area contributed by atoms with Gasteiger partial charge in [0.1, 0.15) is 11.5 Å². The molecule has 0 spiro atoms. The molecule has 0 saturated carbocycles. The number of nitrogens with zero attached hydrogens (tertiary/aromatic N) is 3. The van der Waals surface area contributed by atoms with E-state index < -0.39 is 5.97 Å². The topological polar surface area (TPSA) is 48.5 Å². The highest BCUT2D eigenvalue weighted by Gasteiger charge is 2.17. The Morgan fingerprint density at radius 1 is 1.38 bits per heavy atom. The third-order valence-corrected chi connectivity index (χ3v) is 3.24. The first-order valence-corrected chi connectivity index (χ1v) is 6.57. The van der Waals surface area contributed by atoms with Crippen LogP contribution in [0.25, 0.3) is 17.0 Å². The molecule has 3 aromatic rings. The molecule has 0 bridgehead atoms. The van der Waals surface area contributed by atoms with Crippen LogP contribution in [-0.4, -0.2) is 26.5 Å². The highest BCUT2D eigenvalue weighted by atomic mass is 19.1. The second-order valence-electron chi connectivity index (χ2n) is 4.64. The maximum atomic E-state index is 13.3. The van der Waals surface area contributed by atoms with Gasteiger partial charge in [-0.1, -0.05) is 12.1 Å². The fourth-order valence-corrected chi connectivity index (χ4v) is 2.23. The molecule has 2 aromatic heterocycles. The summed E-state index contributed by atoms with van der Waals surface area (Å²) in [4.78, 5) is 16.2. The summed E-state index contributed by atoms with van der Waals surface area (Å²) in [5, 5.41) is 0. The Hall–Kier alpha value is -2.63. The third kappa shape index (κ3) is 2.29. The van der Waals surface area contributed by atoms with Gasteiger partial charge >= 0.3 is 5.97 Å². The number of imidazole rings is 2. The Labute approximate surface area is 120 Å². The van der Waals surface area contributed by atoms with Crippen molar-refractivity contribution in [2.24, 2.45) is 7.05 Å². The van der Waals surface area contributed by atoms with Gasteiger partial charge in [-0.15, -0.1) is 0 Å². The van der Waals surface area contributed by atoms with Gasteiger partial charge in [-0.3, -0.25) is 4.40 Å². The molecule has 0 radical (unpaired) electrons. The number of hydrogen-bond donors (Lipinski definition) is 0. The molecule has 108 valence electrons. The zero-order valence-corrected chi connectivity index (χ0v) is 11.7. The van der Waals surface area contributed by atoms with Crippen molar-refractivity contribution in [2.75, 3.05) is 6.61 Å². The molecule has 3 rings (SSSR count). The average molecular weight is 287 g/mol. The first-order valence-electron chi connectivity index (χ1n) is 6.57. The van der Waals surface area contributed by atoms with Crippen LogP contribution in [-0.2, 0) is 11.8 Å². The smallest absolute Gasteiger partial charge is 0.356 e. The summed E-state index contributed by atoms with van der Waals surface area (Å²) in [6.07, 6.45) is 3.41. The minimum Gasteiger partial charge on any atom is -0.461 e. The fraction of sp³-hybridized carbons (Fsp3) is 0.200. The van der Waals surface area contributed by atoms with E-state index in [-0.39, 0.29) is 5.82 Å². The van der Waals surface area contributed by atoms with Gasteiger partial charge in [0.15, 0.2) is 0 Å². The van der Waals surface area contributed by atoms with Crippen LogP contribution in [0.2, 0.25) is 0 Å². The summed E-state index contributed by atoms with van der Waals surface area (Å²) in [5.41, 5.74) is 1.76. The lowest BCUT2D eigenvalue weighted by Gasteiger charge is -2.01. The van der Waals surface area contributed by atoms with Crippen LogP contribution in [0.15, 0.2) is 36.7 Å². The quantitative estimate of drug-likeness (QED) is 0.696. The van der Waals surface area contributed by atoms with Gasteiger partial charge in [-0.2, -0.15) is 0 Å². The van der Waals surface area contributed by atoms with Crippen molar-refractivity contribution in [3.05, 3.63) is 48.2 Å². The van der Waals surface area contributed by atoms with Crippen LogP contribution in [0, 0.1) is 5.82 Å². The molecule has 0 N–H and O–H groups in total. The average Bonchev–Trinajstić information content (AvgIpc) is 2.99. The molecule has 2 heterocycles. The molecule has 0 fully saturated rings. The number of halogens is 1. The summed E-state index contributed by atoms with van der Waals surface area (Å²) in [5.74, 6) is -0.105. The lowest BCUT2D eigenvalue weighted by molar-refractivity contribution is 0.0515. The number of benzene rings is 1. The van der Waals surface area contributed by atoms with Crippen molar-refractivity contribution in [3.63, 3.8) is 0 Å². The number of carbonyl (C=O) groups is 1. The van der Waals surface area contributed by atoms with Gasteiger partial charge in [0.05, 0.1) is 12.3 Å². The number of fused-ring (bicyclic) bond motifs is 1. The van der Waals surface area contributed by atoms with E-state index in [9.17, 15) is 9.18 Å². The van der Waals surface area contributed by atoms with Gasteiger partial charge < -0.3 is 9.30 Å². The normalized spacial score (nSPS) is 11.0. The van der Waals surface area contributed by atoms with Crippen LogP contribution in [0.3, 0.4) is 0 Å². The largest absolute Gasteiger partial charge is 0.461 e. The highest BCUT2D eigenvalue weighted by molar-refractivity contribution is 5.88. The number of aryl methyl sites for hydroxylation is 1. The van der Waals surface area contributed by atoms with E-state index in [1.54, 1.807) is 47.5 Å². The Morgan fingerprint density at radius 2 is 2.19 bits per heavy atom. The minimum absolute atomic E-state index is 0.309. The van der Waals surface area contributed by atoms with E-state index >= 15 is 0 Å². The van der Waals surface area contributed by atoms with E-state index in [2.05, 4.69) is 4.98 Å². The number of esters is 1. The Bertz CT molecular complexity index is 820. The first-order chi connectivity index (χ1) is 10.1. The van der Waals surface area contributed by atoms with Crippen molar-refractivity contribution >= 4 is 11.7 Å². The van der Waals surface area contributed by atoms with E-state index in [1.165, 1.54) is 12.1 Å². The number of hydrogen-bond acceptors (Lipinski definition) is 3. The van der Waals surface area contributed by atoms with Crippen molar-refractivity contribution in [2.45, 2.75) is 6.92 Å². The molecule has 5 nitrogen and oxygen atoms in total. The van der Waals surface area contributed by atoms with Crippen molar-refractivity contribution in [1.82, 2.24) is 14.0 Å². The second-order valence-corrected chi connectivity index (χ2v) is 4.64. The summed E-state index contributed by atoms with van der Waals surface area (Å²) < 4.78 is 21.6. The second kappa shape index (κ2) is 5.05. The molecule has 0 aliphatic heterocycles.